The Kier molecular flexibility index (Phi) is 12.8. The normalized spacial score (nSPS) is 17.7. The first-order chi connectivity index (χ1) is 33.1. The Hall–Kier alpha value is -7.25. The summed E-state index contributed by atoms with van der Waals surface area (Å²) < 4.78 is 20.0. The number of carbonyl (C=O) groups is 3. The standard InChI is InChI=1S/C32H30N2O5.C20H16N2O4.2C2H6/c1-7-32(39-30(36)27-19(5)17(3)16(2)18(4)20(27)6)24-13-26-28-22(12-21-10-8-9-11-25(21)33-28)14-34(26)29(35)23(24)15-38-31(32)37;1-2-20(25)14-8-16-17-12(7-11-5-3-4-6-15(11)21-17)9-22(16)18(23)13(14)10-26-19(20)24;2*1-2/h8-13H,7,14-15H2,1-6H3;3-8,25H,2,9-10H2,1H3;2*1-2H3/t32-;;;/m0.../s1. The number of hydrogen-bond donors (Lipinski definition) is 1. The van der Waals surface area contributed by atoms with E-state index in [4.69, 9.17) is 24.2 Å². The van der Waals surface area contributed by atoms with E-state index in [9.17, 15) is 29.1 Å². The summed E-state index contributed by atoms with van der Waals surface area (Å²) in [7, 11) is 0. The fourth-order valence-corrected chi connectivity index (χ4v) is 10.0. The molecular weight excluding hydrogens is 873 g/mol. The van der Waals surface area contributed by atoms with Crippen molar-refractivity contribution in [1.82, 2.24) is 19.1 Å². The number of esters is 3. The third-order valence-corrected chi connectivity index (χ3v) is 14.3. The van der Waals surface area contributed by atoms with Gasteiger partial charge in [-0.05, 0) is 112 Å². The smallest absolute Gasteiger partial charge is 0.355 e. The number of nitrogens with zero attached hydrogens (tertiary/aromatic N) is 4. The molecule has 0 spiro atoms. The van der Waals surface area contributed by atoms with Gasteiger partial charge in [0.25, 0.3) is 11.1 Å². The Bertz CT molecular complexity index is 3390. The van der Waals surface area contributed by atoms with Gasteiger partial charge < -0.3 is 28.5 Å². The largest absolute Gasteiger partial charge is 0.458 e. The van der Waals surface area contributed by atoms with Crippen LogP contribution in [0.2, 0.25) is 0 Å². The number of pyridine rings is 4. The average Bonchev–Trinajstić information content (AvgIpc) is 3.92. The molecule has 3 aromatic carbocycles. The fourth-order valence-electron chi connectivity index (χ4n) is 10.0. The van der Waals surface area contributed by atoms with Gasteiger partial charge in [-0.1, -0.05) is 77.9 Å². The van der Waals surface area contributed by atoms with Crippen molar-refractivity contribution in [2.75, 3.05) is 0 Å². The molecular formula is C56H58N4O9. The van der Waals surface area contributed by atoms with Gasteiger partial charge in [0.15, 0.2) is 5.60 Å². The molecule has 13 nitrogen and oxygen atoms in total. The molecule has 356 valence electrons. The summed E-state index contributed by atoms with van der Waals surface area (Å²) >= 11 is 0. The SMILES string of the molecule is CC.CC.CCC1(O)C(=O)OCc2c1cc1n(c2=O)Cc2cc3ccccc3nc2-1.CC[C@@]1(OC(=O)c2c(C)c(C)c(C)c(C)c2C)C(=O)OCc2c1cc1n(c2=O)Cc2cc3ccccc3nc2-1. The molecule has 11 rings (SSSR count). The maximum atomic E-state index is 13.8. The molecule has 0 bridgehead atoms. The van der Waals surface area contributed by atoms with Crippen LogP contribution in [0.25, 0.3) is 44.6 Å². The van der Waals surface area contributed by atoms with Gasteiger partial charge in [-0.15, -0.1) is 0 Å². The van der Waals surface area contributed by atoms with Crippen LogP contribution in [0.5, 0.6) is 0 Å². The van der Waals surface area contributed by atoms with Gasteiger partial charge in [0.2, 0.25) is 5.60 Å². The van der Waals surface area contributed by atoms with Crippen molar-refractivity contribution in [3.05, 3.63) is 160 Å². The first-order valence-corrected chi connectivity index (χ1v) is 23.8. The maximum Gasteiger partial charge on any atom is 0.355 e. The summed E-state index contributed by atoms with van der Waals surface area (Å²) in [6.45, 7) is 21.8. The van der Waals surface area contributed by atoms with Crippen molar-refractivity contribution in [2.24, 2.45) is 0 Å². The molecule has 13 heteroatoms. The van der Waals surface area contributed by atoms with Gasteiger partial charge in [-0.25, -0.2) is 24.4 Å². The molecule has 1 unspecified atom stereocenters. The number of hydrogen-bond acceptors (Lipinski definition) is 11. The molecule has 0 amide bonds. The van der Waals surface area contributed by atoms with Crippen LogP contribution < -0.4 is 11.1 Å². The Morgan fingerprint density at radius 2 is 1.06 bits per heavy atom. The fraction of sp³-hybridized carbons (Fsp3) is 0.339. The van der Waals surface area contributed by atoms with E-state index in [2.05, 4.69) is 0 Å². The lowest BCUT2D eigenvalue weighted by atomic mass is 9.85. The van der Waals surface area contributed by atoms with Crippen LogP contribution in [0.1, 0.15) is 126 Å². The molecule has 0 radical (unpaired) electrons. The lowest BCUT2D eigenvalue weighted by Gasteiger charge is -2.36. The third kappa shape index (κ3) is 7.45. The number of cyclic esters (lactones) is 2. The number of fused-ring (bicyclic) bond motifs is 10. The van der Waals surface area contributed by atoms with Gasteiger partial charge >= 0.3 is 17.9 Å². The first-order valence-electron chi connectivity index (χ1n) is 23.8. The molecule has 7 aromatic rings. The van der Waals surface area contributed by atoms with Gasteiger partial charge in [0.05, 0.1) is 63.6 Å². The van der Waals surface area contributed by atoms with Crippen molar-refractivity contribution in [3.8, 4) is 22.8 Å². The Morgan fingerprint density at radius 1 is 0.623 bits per heavy atom. The molecule has 1 N–H and O–H groups in total. The van der Waals surface area contributed by atoms with E-state index < -0.39 is 29.1 Å². The van der Waals surface area contributed by atoms with Crippen LogP contribution in [0.15, 0.2) is 82.4 Å². The summed E-state index contributed by atoms with van der Waals surface area (Å²) in [5.41, 5.74) is 8.77. The average molecular weight is 931 g/mol. The molecule has 69 heavy (non-hydrogen) atoms. The van der Waals surface area contributed by atoms with E-state index in [0.29, 0.717) is 58.0 Å². The summed E-state index contributed by atoms with van der Waals surface area (Å²) in [6.07, 6.45) is 0.257. The highest BCUT2D eigenvalue weighted by molar-refractivity contribution is 5.97. The topological polar surface area (TPSA) is 169 Å². The molecule has 4 aliphatic rings. The number of aliphatic hydroxyl groups is 1. The summed E-state index contributed by atoms with van der Waals surface area (Å²) in [5, 5.41) is 12.8. The second kappa shape index (κ2) is 18.3. The monoisotopic (exact) mass is 930 g/mol. The van der Waals surface area contributed by atoms with E-state index >= 15 is 0 Å². The van der Waals surface area contributed by atoms with E-state index in [1.807, 2.05) is 123 Å². The molecule has 8 heterocycles. The van der Waals surface area contributed by atoms with Gasteiger partial charge in [0.1, 0.15) is 13.2 Å². The highest BCUT2D eigenvalue weighted by atomic mass is 16.6. The summed E-state index contributed by atoms with van der Waals surface area (Å²) in [5.74, 6) is -1.98. The number of para-hydroxylation sites is 2. The molecule has 0 fully saturated rings. The van der Waals surface area contributed by atoms with Crippen molar-refractivity contribution < 1.29 is 33.7 Å². The summed E-state index contributed by atoms with van der Waals surface area (Å²) in [4.78, 5) is 75.8. The predicted molar refractivity (Wildman–Crippen MR) is 265 cm³/mol. The highest BCUT2D eigenvalue weighted by Gasteiger charge is 2.51. The first kappa shape index (κ1) is 48.2. The van der Waals surface area contributed by atoms with Crippen LogP contribution in [-0.2, 0) is 61.3 Å². The number of carbonyl (C=O) groups excluding carboxylic acids is 3. The van der Waals surface area contributed by atoms with Crippen molar-refractivity contribution in [2.45, 2.75) is 127 Å². The molecule has 0 aliphatic carbocycles. The van der Waals surface area contributed by atoms with Crippen molar-refractivity contribution in [1.29, 1.82) is 0 Å². The van der Waals surface area contributed by atoms with Crippen molar-refractivity contribution in [3.63, 3.8) is 0 Å². The predicted octanol–water partition coefficient (Wildman–Crippen LogP) is 9.62. The van der Waals surface area contributed by atoms with E-state index in [1.165, 1.54) is 0 Å². The highest BCUT2D eigenvalue weighted by Crippen LogP contribution is 2.43. The maximum absolute atomic E-state index is 13.8. The van der Waals surface area contributed by atoms with Gasteiger partial charge in [-0.3, -0.25) is 9.59 Å². The zero-order valence-corrected chi connectivity index (χ0v) is 41.2. The van der Waals surface area contributed by atoms with E-state index in [1.54, 1.807) is 35.1 Å². The number of ether oxygens (including phenoxy) is 3. The quantitative estimate of drug-likeness (QED) is 0.132. The Labute approximate surface area is 400 Å². The molecule has 4 aromatic heterocycles. The van der Waals surface area contributed by atoms with Crippen LogP contribution in [0.3, 0.4) is 0 Å². The van der Waals surface area contributed by atoms with Gasteiger partial charge in [-0.2, -0.15) is 0 Å². The minimum Gasteiger partial charge on any atom is -0.458 e. The zero-order valence-electron chi connectivity index (χ0n) is 41.2. The molecule has 2 atom stereocenters. The minimum absolute atomic E-state index is 0.110. The number of aromatic nitrogens is 4. The summed E-state index contributed by atoms with van der Waals surface area (Å²) in [6, 6.07) is 23.2. The number of rotatable bonds is 4. The Balaban J connectivity index is 0.000000185. The minimum atomic E-state index is -1.79. The lowest BCUT2D eigenvalue weighted by Crippen LogP contribution is -2.47. The van der Waals surface area contributed by atoms with Crippen LogP contribution in [-0.4, -0.2) is 42.1 Å². The molecule has 0 saturated carbocycles. The second-order valence-corrected chi connectivity index (χ2v) is 17.4. The molecule has 0 saturated heterocycles. The van der Waals surface area contributed by atoms with E-state index in [-0.39, 0.29) is 37.2 Å². The van der Waals surface area contributed by atoms with Crippen LogP contribution in [0.4, 0.5) is 0 Å². The molecule has 4 aliphatic heterocycles. The van der Waals surface area contributed by atoms with Crippen molar-refractivity contribution >= 4 is 39.7 Å². The van der Waals surface area contributed by atoms with Crippen LogP contribution >= 0.6 is 0 Å². The van der Waals surface area contributed by atoms with Crippen LogP contribution in [0, 0.1) is 34.6 Å². The number of benzene rings is 3. The third-order valence-electron chi connectivity index (χ3n) is 14.3. The Morgan fingerprint density at radius 3 is 1.54 bits per heavy atom. The zero-order chi connectivity index (χ0) is 49.9. The lowest BCUT2D eigenvalue weighted by molar-refractivity contribution is -0.173. The van der Waals surface area contributed by atoms with Gasteiger partial charge in [0, 0.05) is 33.0 Å². The van der Waals surface area contributed by atoms with E-state index in [0.717, 1.165) is 66.4 Å². The second-order valence-electron chi connectivity index (χ2n) is 17.4.